The number of rotatable bonds is 8. The van der Waals surface area contributed by atoms with Gasteiger partial charge in [-0.15, -0.1) is 0 Å². The van der Waals surface area contributed by atoms with Crippen LogP contribution >= 0.6 is 0 Å². The smallest absolute Gasteiger partial charge is 0.246 e. The predicted octanol–water partition coefficient (Wildman–Crippen LogP) is 4.29. The molecular weight excluding hydrogens is 336 g/mol. The molecule has 1 amide bonds. The van der Waals surface area contributed by atoms with Crippen molar-refractivity contribution < 1.29 is 9.53 Å². The summed E-state index contributed by atoms with van der Waals surface area (Å²) in [6.45, 7) is 1.06. The van der Waals surface area contributed by atoms with Crippen molar-refractivity contribution in [3.05, 3.63) is 65.7 Å². The van der Waals surface area contributed by atoms with Crippen molar-refractivity contribution in [3.63, 3.8) is 0 Å². The molecule has 1 aliphatic rings. The summed E-state index contributed by atoms with van der Waals surface area (Å²) in [5.41, 5.74) is 3.43. The van der Waals surface area contributed by atoms with Crippen LogP contribution in [-0.4, -0.2) is 25.6 Å². The van der Waals surface area contributed by atoms with Crippen LogP contribution in [0.5, 0.6) is 0 Å². The average molecular weight is 367 g/mol. The highest BCUT2D eigenvalue weighted by atomic mass is 16.5. The molecule has 0 radical (unpaired) electrons. The number of hydrogen-bond acceptors (Lipinski definition) is 3. The molecule has 2 aromatic rings. The van der Waals surface area contributed by atoms with Gasteiger partial charge >= 0.3 is 0 Å². The summed E-state index contributed by atoms with van der Waals surface area (Å²) < 4.78 is 5.47. The Kier molecular flexibility index (Phi) is 7.28. The molecule has 0 unspecified atom stereocenters. The maximum absolute atomic E-state index is 11.9. The lowest BCUT2D eigenvalue weighted by Gasteiger charge is -2.33. The number of amides is 1. The summed E-state index contributed by atoms with van der Waals surface area (Å²) in [5, 5.41) is 2.92. The van der Waals surface area contributed by atoms with E-state index >= 15 is 0 Å². The van der Waals surface area contributed by atoms with Crippen molar-refractivity contribution >= 4 is 11.6 Å². The molecule has 0 spiro atoms. The Morgan fingerprint density at radius 2 is 1.70 bits per heavy atom. The summed E-state index contributed by atoms with van der Waals surface area (Å²) in [6.07, 6.45) is 6.63. The third-order valence-corrected chi connectivity index (χ3v) is 5.30. The lowest BCUT2D eigenvalue weighted by atomic mass is 9.94. The molecule has 1 fully saturated rings. The molecule has 1 saturated carbocycles. The zero-order valence-corrected chi connectivity index (χ0v) is 16.2. The van der Waals surface area contributed by atoms with Gasteiger partial charge in [0.15, 0.2) is 0 Å². The molecule has 0 heterocycles. The van der Waals surface area contributed by atoms with Gasteiger partial charge in [-0.3, -0.25) is 4.79 Å². The van der Waals surface area contributed by atoms with Gasteiger partial charge in [0.05, 0.1) is 6.61 Å². The lowest BCUT2D eigenvalue weighted by Crippen LogP contribution is -2.33. The monoisotopic (exact) mass is 366 g/mol. The second-order valence-electron chi connectivity index (χ2n) is 7.32. The maximum Gasteiger partial charge on any atom is 0.246 e. The fourth-order valence-electron chi connectivity index (χ4n) is 3.62. The fourth-order valence-corrected chi connectivity index (χ4v) is 3.62. The van der Waals surface area contributed by atoms with Gasteiger partial charge in [0.25, 0.3) is 0 Å². The molecule has 0 atom stereocenters. The van der Waals surface area contributed by atoms with E-state index in [9.17, 15) is 4.79 Å². The van der Waals surface area contributed by atoms with Gasteiger partial charge in [0, 0.05) is 25.3 Å². The number of benzene rings is 2. The number of carbonyl (C=O) groups excluding carboxylic acids is 1. The number of ether oxygens (including phenoxy) is 1. The topological polar surface area (TPSA) is 41.6 Å². The minimum atomic E-state index is -0.0886. The van der Waals surface area contributed by atoms with Gasteiger partial charge in [-0.25, -0.2) is 0 Å². The van der Waals surface area contributed by atoms with Crippen LogP contribution in [-0.2, 0) is 22.7 Å². The molecular formula is C23H30N2O2. The molecule has 2 aromatic carbocycles. The SMILES string of the molecule is CN(c1ccc(CNC(=O)COCc2ccccc2)cc1)C1CCCCC1. The minimum absolute atomic E-state index is 0.0807. The number of nitrogens with one attached hydrogen (secondary N) is 1. The van der Waals surface area contributed by atoms with Gasteiger partial charge in [-0.2, -0.15) is 0 Å². The molecule has 0 aliphatic heterocycles. The van der Waals surface area contributed by atoms with Crippen LogP contribution < -0.4 is 10.2 Å². The first kappa shape index (κ1) is 19.4. The Morgan fingerprint density at radius 1 is 1.00 bits per heavy atom. The Bertz CT molecular complexity index is 694. The Balaban J connectivity index is 1.39. The van der Waals surface area contributed by atoms with E-state index in [1.165, 1.54) is 37.8 Å². The van der Waals surface area contributed by atoms with Crippen LogP contribution in [0.15, 0.2) is 54.6 Å². The first-order valence-electron chi connectivity index (χ1n) is 9.92. The molecule has 1 aliphatic carbocycles. The summed E-state index contributed by atoms with van der Waals surface area (Å²) in [7, 11) is 2.19. The molecule has 4 heteroatoms. The normalized spacial score (nSPS) is 14.7. The van der Waals surface area contributed by atoms with Gasteiger partial charge < -0.3 is 15.0 Å². The van der Waals surface area contributed by atoms with Crippen LogP contribution in [0.1, 0.15) is 43.2 Å². The van der Waals surface area contributed by atoms with Crippen LogP contribution in [0.3, 0.4) is 0 Å². The Morgan fingerprint density at radius 3 is 2.41 bits per heavy atom. The third kappa shape index (κ3) is 6.10. The van der Waals surface area contributed by atoms with E-state index in [2.05, 4.69) is 41.5 Å². The number of anilines is 1. The van der Waals surface area contributed by atoms with Crippen molar-refractivity contribution in [1.82, 2.24) is 5.32 Å². The minimum Gasteiger partial charge on any atom is -0.372 e. The van der Waals surface area contributed by atoms with E-state index in [1.807, 2.05) is 30.3 Å². The quantitative estimate of drug-likeness (QED) is 0.758. The number of hydrogen-bond donors (Lipinski definition) is 1. The highest BCUT2D eigenvalue weighted by molar-refractivity contribution is 5.77. The van der Waals surface area contributed by atoms with Crippen molar-refractivity contribution in [2.24, 2.45) is 0 Å². The molecule has 0 bridgehead atoms. The van der Waals surface area contributed by atoms with Gasteiger partial charge in [-0.1, -0.05) is 61.7 Å². The van der Waals surface area contributed by atoms with E-state index in [4.69, 9.17) is 4.74 Å². The van der Waals surface area contributed by atoms with Crippen molar-refractivity contribution in [2.75, 3.05) is 18.6 Å². The predicted molar refractivity (Wildman–Crippen MR) is 110 cm³/mol. The molecule has 144 valence electrons. The van der Waals surface area contributed by atoms with Crippen LogP contribution in [0.25, 0.3) is 0 Å². The third-order valence-electron chi connectivity index (χ3n) is 5.30. The molecule has 27 heavy (non-hydrogen) atoms. The second kappa shape index (κ2) is 10.1. The molecule has 1 N–H and O–H groups in total. The van der Waals surface area contributed by atoms with Crippen LogP contribution in [0.2, 0.25) is 0 Å². The van der Waals surface area contributed by atoms with Gasteiger partial charge in [0.1, 0.15) is 6.61 Å². The first-order valence-corrected chi connectivity index (χ1v) is 9.92. The Hall–Kier alpha value is -2.33. The van der Waals surface area contributed by atoms with E-state index in [0.717, 1.165) is 11.1 Å². The van der Waals surface area contributed by atoms with E-state index in [1.54, 1.807) is 0 Å². The summed E-state index contributed by atoms with van der Waals surface area (Å²) >= 11 is 0. The van der Waals surface area contributed by atoms with Crippen LogP contribution in [0.4, 0.5) is 5.69 Å². The van der Waals surface area contributed by atoms with Gasteiger partial charge in [-0.05, 0) is 36.1 Å². The maximum atomic E-state index is 11.9. The fraction of sp³-hybridized carbons (Fsp3) is 0.435. The summed E-state index contributed by atoms with van der Waals surface area (Å²) in [5.74, 6) is -0.0886. The molecule has 0 aromatic heterocycles. The highest BCUT2D eigenvalue weighted by Crippen LogP contribution is 2.26. The molecule has 0 saturated heterocycles. The van der Waals surface area contributed by atoms with Crippen molar-refractivity contribution in [2.45, 2.75) is 51.3 Å². The van der Waals surface area contributed by atoms with E-state index in [0.29, 0.717) is 19.2 Å². The summed E-state index contributed by atoms with van der Waals surface area (Å²) in [4.78, 5) is 14.3. The van der Waals surface area contributed by atoms with Crippen LogP contribution in [0, 0.1) is 0 Å². The molecule has 3 rings (SSSR count). The highest BCUT2D eigenvalue weighted by Gasteiger charge is 2.18. The second-order valence-corrected chi connectivity index (χ2v) is 7.32. The standard InChI is InChI=1S/C23H30N2O2/c1-25(21-10-6-3-7-11-21)22-14-12-19(13-15-22)16-24-23(26)18-27-17-20-8-4-2-5-9-20/h2,4-5,8-9,12-15,21H,3,6-7,10-11,16-18H2,1H3,(H,24,26). The van der Waals surface area contributed by atoms with Crippen molar-refractivity contribution in [3.8, 4) is 0 Å². The molecule has 4 nitrogen and oxygen atoms in total. The lowest BCUT2D eigenvalue weighted by molar-refractivity contribution is -0.126. The van der Waals surface area contributed by atoms with Crippen molar-refractivity contribution in [1.29, 1.82) is 0 Å². The zero-order valence-electron chi connectivity index (χ0n) is 16.2. The average Bonchev–Trinajstić information content (AvgIpc) is 2.73. The zero-order chi connectivity index (χ0) is 18.9. The Labute approximate surface area is 162 Å². The van der Waals surface area contributed by atoms with Gasteiger partial charge in [0.2, 0.25) is 5.91 Å². The summed E-state index contributed by atoms with van der Waals surface area (Å²) in [6, 6.07) is 19.0. The van der Waals surface area contributed by atoms with E-state index in [-0.39, 0.29) is 12.5 Å². The number of nitrogens with zero attached hydrogens (tertiary/aromatic N) is 1. The number of carbonyl (C=O) groups is 1. The largest absolute Gasteiger partial charge is 0.372 e. The first-order chi connectivity index (χ1) is 13.2. The van der Waals surface area contributed by atoms with E-state index < -0.39 is 0 Å².